The molecular formula is C14H34N2O3. The first-order valence-electron chi connectivity index (χ1n) is 6.82. The summed E-state index contributed by atoms with van der Waals surface area (Å²) in [7, 11) is 0. The van der Waals surface area contributed by atoms with E-state index in [1.54, 1.807) is 0 Å². The maximum Gasteiger partial charge on any atom is 0.0589 e. The zero-order valence-electron chi connectivity index (χ0n) is 13.4. The van der Waals surface area contributed by atoms with E-state index in [0.717, 1.165) is 0 Å². The Balaban J connectivity index is 0. The summed E-state index contributed by atoms with van der Waals surface area (Å²) in [6, 6.07) is -0.0304. The molecular weight excluding hydrogens is 244 g/mol. The average Bonchev–Trinajstić information content (AvgIpc) is 2.26. The second-order valence-electron chi connectivity index (χ2n) is 6.93. The first kappa shape index (κ1) is 21.1. The summed E-state index contributed by atoms with van der Waals surface area (Å²) in [5.74, 6) is 0. The highest BCUT2D eigenvalue weighted by Gasteiger charge is 2.22. The highest BCUT2D eigenvalue weighted by molar-refractivity contribution is 4.79. The summed E-state index contributed by atoms with van der Waals surface area (Å²) in [5, 5.41) is 29.1. The molecule has 0 aliphatic carbocycles. The quantitative estimate of drug-likeness (QED) is 0.499. The van der Waals surface area contributed by atoms with Gasteiger partial charge in [-0.1, -0.05) is 41.5 Å². The van der Waals surface area contributed by atoms with Crippen LogP contribution in [0.2, 0.25) is 0 Å². The second kappa shape index (κ2) is 9.66. The van der Waals surface area contributed by atoms with Crippen LogP contribution in [0.1, 0.15) is 41.5 Å². The fourth-order valence-electron chi connectivity index (χ4n) is 1.16. The fraction of sp³-hybridized carbons (Fsp3) is 1.00. The Morgan fingerprint density at radius 1 is 0.895 bits per heavy atom. The Morgan fingerprint density at radius 3 is 1.53 bits per heavy atom. The van der Waals surface area contributed by atoms with E-state index >= 15 is 0 Å². The molecule has 6 N–H and O–H groups in total. The zero-order chi connectivity index (χ0) is 15.7. The van der Waals surface area contributed by atoms with Gasteiger partial charge in [-0.3, -0.25) is 0 Å². The van der Waals surface area contributed by atoms with E-state index < -0.39 is 0 Å². The molecule has 0 aliphatic rings. The topological polar surface area (TPSA) is 98.7 Å². The monoisotopic (exact) mass is 278 g/mol. The molecule has 0 bridgehead atoms. The van der Waals surface area contributed by atoms with Crippen LogP contribution in [-0.4, -0.2) is 53.8 Å². The van der Waals surface area contributed by atoms with Crippen molar-refractivity contribution in [3.05, 3.63) is 0 Å². The first-order valence-corrected chi connectivity index (χ1v) is 6.82. The van der Waals surface area contributed by atoms with E-state index in [4.69, 9.17) is 21.1 Å². The van der Waals surface area contributed by atoms with Gasteiger partial charge < -0.3 is 26.4 Å². The Labute approximate surface area is 118 Å². The largest absolute Gasteiger partial charge is 0.395 e. The molecule has 0 amide bonds. The van der Waals surface area contributed by atoms with Crippen molar-refractivity contribution in [2.75, 3.05) is 26.4 Å². The van der Waals surface area contributed by atoms with Crippen molar-refractivity contribution < 1.29 is 15.3 Å². The molecule has 5 nitrogen and oxygen atoms in total. The summed E-state index contributed by atoms with van der Waals surface area (Å²) in [6.07, 6.45) is 0. The molecule has 0 rings (SSSR count). The van der Waals surface area contributed by atoms with Crippen LogP contribution in [0.25, 0.3) is 0 Å². The van der Waals surface area contributed by atoms with Gasteiger partial charge in [0.2, 0.25) is 0 Å². The number of aliphatic hydroxyl groups is 3. The molecule has 19 heavy (non-hydrogen) atoms. The Hall–Kier alpha value is -0.200. The SMILES string of the molecule is CC(C)(C)C(CO)NCCO.CC(C)(C)C(N)CO. The lowest BCUT2D eigenvalue weighted by atomic mass is 9.87. The standard InChI is InChI=1S/C8H19NO2.C6H15NO/c1-8(2,3)7(6-11)9-4-5-10;1-6(2,3)5(7)4-8/h7,9-11H,4-6H2,1-3H3;5,8H,4,7H2,1-3H3. The molecule has 0 saturated heterocycles. The normalized spacial score (nSPS) is 15.5. The third-order valence-corrected chi connectivity index (χ3v) is 3.04. The number of nitrogens with one attached hydrogen (secondary N) is 1. The lowest BCUT2D eigenvalue weighted by Crippen LogP contribution is -2.44. The molecule has 0 spiro atoms. The third-order valence-electron chi connectivity index (χ3n) is 3.04. The Bertz CT molecular complexity index is 210. The number of rotatable bonds is 5. The maximum atomic E-state index is 8.94. The van der Waals surface area contributed by atoms with Gasteiger partial charge in [0.1, 0.15) is 0 Å². The van der Waals surface area contributed by atoms with Crippen LogP contribution in [0.3, 0.4) is 0 Å². The minimum absolute atomic E-state index is 0.0365. The van der Waals surface area contributed by atoms with Gasteiger partial charge in [-0.2, -0.15) is 0 Å². The molecule has 0 aromatic carbocycles. The lowest BCUT2D eigenvalue weighted by Gasteiger charge is -2.29. The lowest BCUT2D eigenvalue weighted by molar-refractivity contribution is 0.151. The van der Waals surface area contributed by atoms with Gasteiger partial charge in [0.25, 0.3) is 0 Å². The van der Waals surface area contributed by atoms with Gasteiger partial charge in [-0.15, -0.1) is 0 Å². The highest BCUT2D eigenvalue weighted by atomic mass is 16.3. The van der Waals surface area contributed by atoms with Gasteiger partial charge >= 0.3 is 0 Å². The van der Waals surface area contributed by atoms with Crippen LogP contribution < -0.4 is 11.1 Å². The van der Waals surface area contributed by atoms with Crippen LogP contribution in [0.15, 0.2) is 0 Å². The van der Waals surface area contributed by atoms with Crippen molar-refractivity contribution in [1.82, 2.24) is 5.32 Å². The van der Waals surface area contributed by atoms with Crippen LogP contribution >= 0.6 is 0 Å². The molecule has 0 radical (unpaired) electrons. The van der Waals surface area contributed by atoms with Crippen LogP contribution in [0.5, 0.6) is 0 Å². The fourth-order valence-corrected chi connectivity index (χ4v) is 1.16. The first-order chi connectivity index (χ1) is 8.50. The average molecular weight is 278 g/mol. The van der Waals surface area contributed by atoms with Gasteiger partial charge in [0.05, 0.1) is 19.8 Å². The maximum absolute atomic E-state index is 8.94. The van der Waals surface area contributed by atoms with Crippen molar-refractivity contribution in [1.29, 1.82) is 0 Å². The summed E-state index contributed by atoms with van der Waals surface area (Å²) in [6.45, 7) is 13.0. The van der Waals surface area contributed by atoms with Crippen molar-refractivity contribution in [2.45, 2.75) is 53.6 Å². The van der Waals surface area contributed by atoms with E-state index in [9.17, 15) is 0 Å². The number of hydrogen-bond acceptors (Lipinski definition) is 5. The Kier molecular flexibility index (Phi) is 10.7. The summed E-state index contributed by atoms with van der Waals surface area (Å²) >= 11 is 0. The van der Waals surface area contributed by atoms with Crippen molar-refractivity contribution in [3.63, 3.8) is 0 Å². The summed E-state index contributed by atoms with van der Waals surface area (Å²) in [4.78, 5) is 0. The molecule has 0 aromatic rings. The van der Waals surface area contributed by atoms with E-state index in [2.05, 4.69) is 26.1 Å². The predicted octanol–water partition coefficient (Wildman–Crippen LogP) is 0.327. The van der Waals surface area contributed by atoms with Crippen LogP contribution in [-0.2, 0) is 0 Å². The smallest absolute Gasteiger partial charge is 0.0589 e. The minimum atomic E-state index is -0.0949. The van der Waals surface area contributed by atoms with Crippen LogP contribution in [0, 0.1) is 10.8 Å². The van der Waals surface area contributed by atoms with Gasteiger partial charge in [-0.05, 0) is 10.8 Å². The number of nitrogens with two attached hydrogens (primary N) is 1. The molecule has 5 heteroatoms. The van der Waals surface area contributed by atoms with Crippen LogP contribution in [0.4, 0.5) is 0 Å². The highest BCUT2D eigenvalue weighted by Crippen LogP contribution is 2.18. The molecule has 0 saturated carbocycles. The summed E-state index contributed by atoms with van der Waals surface area (Å²) < 4.78 is 0. The molecule has 2 atom stereocenters. The van der Waals surface area contributed by atoms with E-state index in [1.165, 1.54) is 0 Å². The van der Waals surface area contributed by atoms with Crippen molar-refractivity contribution in [2.24, 2.45) is 16.6 Å². The second-order valence-corrected chi connectivity index (χ2v) is 6.93. The van der Waals surface area contributed by atoms with Crippen molar-refractivity contribution in [3.8, 4) is 0 Å². The van der Waals surface area contributed by atoms with E-state index in [-0.39, 0.29) is 42.7 Å². The van der Waals surface area contributed by atoms with E-state index in [0.29, 0.717) is 6.54 Å². The molecule has 0 aromatic heterocycles. The number of hydrogen-bond donors (Lipinski definition) is 5. The Morgan fingerprint density at radius 2 is 1.37 bits per heavy atom. The van der Waals surface area contributed by atoms with Gasteiger partial charge in [0.15, 0.2) is 0 Å². The molecule has 118 valence electrons. The minimum Gasteiger partial charge on any atom is -0.395 e. The molecule has 0 aliphatic heterocycles. The molecule has 2 unspecified atom stereocenters. The predicted molar refractivity (Wildman–Crippen MR) is 79.9 cm³/mol. The van der Waals surface area contributed by atoms with E-state index in [1.807, 2.05) is 20.8 Å². The third kappa shape index (κ3) is 11.3. The number of aliphatic hydroxyl groups excluding tert-OH is 3. The molecule has 0 fully saturated rings. The van der Waals surface area contributed by atoms with Gasteiger partial charge in [0, 0.05) is 18.6 Å². The molecule has 0 heterocycles. The zero-order valence-corrected chi connectivity index (χ0v) is 13.4. The summed E-state index contributed by atoms with van der Waals surface area (Å²) in [5.41, 5.74) is 5.58. The van der Waals surface area contributed by atoms with Gasteiger partial charge in [-0.25, -0.2) is 0 Å². The van der Waals surface area contributed by atoms with Crippen molar-refractivity contribution >= 4 is 0 Å².